The number of nitrogens with zero attached hydrogens (tertiary/aromatic N) is 1. The number of Topliss-reactive ketones (excluding diaryl/α,β-unsaturated/α-hetero) is 1. The van der Waals surface area contributed by atoms with Gasteiger partial charge in [-0.15, -0.1) is 0 Å². The molecular weight excluding hydrogens is 437 g/mol. The lowest BCUT2D eigenvalue weighted by atomic mass is 9.95. The van der Waals surface area contributed by atoms with E-state index in [9.17, 15) is 19.1 Å². The van der Waals surface area contributed by atoms with E-state index in [2.05, 4.69) is 15.9 Å². The second-order valence-corrected chi connectivity index (χ2v) is 7.48. The maximum Gasteiger partial charge on any atom is 0.300 e. The van der Waals surface area contributed by atoms with Crippen LogP contribution in [-0.2, 0) is 9.59 Å². The molecule has 0 bridgehead atoms. The van der Waals surface area contributed by atoms with Crippen molar-refractivity contribution >= 4 is 39.1 Å². The average Bonchev–Trinajstić information content (AvgIpc) is 2.99. The standard InChI is InChI=1S/C23H15BrFNO3/c24-16-7-4-8-18(13-16)26-20(14-9-11-17(25)12-10-14)19(22(28)23(26)29)21(27)15-5-2-1-3-6-15/h1-13,20,27H. The van der Waals surface area contributed by atoms with Gasteiger partial charge in [0.25, 0.3) is 11.7 Å². The predicted molar refractivity (Wildman–Crippen MR) is 112 cm³/mol. The fourth-order valence-corrected chi connectivity index (χ4v) is 3.82. The van der Waals surface area contributed by atoms with Gasteiger partial charge in [0.05, 0.1) is 11.6 Å². The molecule has 1 saturated heterocycles. The Labute approximate surface area is 175 Å². The highest BCUT2D eigenvalue weighted by Gasteiger charge is 2.46. The number of amides is 1. The molecule has 1 unspecified atom stereocenters. The predicted octanol–water partition coefficient (Wildman–Crippen LogP) is 5.21. The zero-order valence-corrected chi connectivity index (χ0v) is 16.6. The molecule has 4 rings (SSSR count). The molecule has 1 N–H and O–H groups in total. The largest absolute Gasteiger partial charge is 0.507 e. The summed E-state index contributed by atoms with van der Waals surface area (Å²) in [6.45, 7) is 0. The Kier molecular flexibility index (Phi) is 5.03. The van der Waals surface area contributed by atoms with Gasteiger partial charge < -0.3 is 5.11 Å². The minimum absolute atomic E-state index is 0.0345. The molecule has 3 aromatic rings. The van der Waals surface area contributed by atoms with Crippen molar-refractivity contribution in [1.82, 2.24) is 0 Å². The Bertz CT molecular complexity index is 1130. The molecule has 1 atom stereocenters. The van der Waals surface area contributed by atoms with Gasteiger partial charge in [-0.3, -0.25) is 14.5 Å². The molecule has 0 radical (unpaired) electrons. The van der Waals surface area contributed by atoms with Gasteiger partial charge in [-0.25, -0.2) is 4.39 Å². The van der Waals surface area contributed by atoms with Crippen LogP contribution in [0.25, 0.3) is 5.76 Å². The van der Waals surface area contributed by atoms with E-state index in [0.717, 1.165) is 4.47 Å². The van der Waals surface area contributed by atoms with E-state index in [1.165, 1.54) is 29.2 Å². The summed E-state index contributed by atoms with van der Waals surface area (Å²) in [5.41, 5.74) is 1.39. The van der Waals surface area contributed by atoms with Crippen molar-refractivity contribution in [3.63, 3.8) is 0 Å². The molecule has 0 spiro atoms. The van der Waals surface area contributed by atoms with Crippen molar-refractivity contribution in [2.24, 2.45) is 0 Å². The van der Waals surface area contributed by atoms with Crippen LogP contribution >= 0.6 is 15.9 Å². The van der Waals surface area contributed by atoms with Crippen molar-refractivity contribution in [3.8, 4) is 0 Å². The maximum atomic E-state index is 13.5. The van der Waals surface area contributed by atoms with Crippen LogP contribution in [0.15, 0.2) is 88.9 Å². The number of carbonyl (C=O) groups excluding carboxylic acids is 2. The van der Waals surface area contributed by atoms with E-state index in [1.54, 1.807) is 54.6 Å². The molecule has 1 amide bonds. The minimum atomic E-state index is -0.884. The molecule has 1 fully saturated rings. The molecule has 0 aliphatic carbocycles. The molecule has 0 saturated carbocycles. The Hall–Kier alpha value is -3.25. The van der Waals surface area contributed by atoms with Gasteiger partial charge in [0.15, 0.2) is 0 Å². The zero-order chi connectivity index (χ0) is 20.5. The monoisotopic (exact) mass is 451 g/mol. The molecule has 1 aliphatic heterocycles. The SMILES string of the molecule is O=C1C(=O)N(c2cccc(Br)c2)C(c2ccc(F)cc2)C1=C(O)c1ccccc1. The van der Waals surface area contributed by atoms with Gasteiger partial charge >= 0.3 is 0 Å². The molecule has 6 heteroatoms. The number of halogens is 2. The molecule has 29 heavy (non-hydrogen) atoms. The number of hydrogen-bond donors (Lipinski definition) is 1. The lowest BCUT2D eigenvalue weighted by molar-refractivity contribution is -0.132. The van der Waals surface area contributed by atoms with Crippen LogP contribution in [0.4, 0.5) is 10.1 Å². The van der Waals surface area contributed by atoms with Crippen LogP contribution in [-0.4, -0.2) is 16.8 Å². The number of aliphatic hydroxyl groups is 1. The van der Waals surface area contributed by atoms with Gasteiger partial charge in [0.2, 0.25) is 0 Å². The van der Waals surface area contributed by atoms with Gasteiger partial charge in [-0.05, 0) is 35.9 Å². The van der Waals surface area contributed by atoms with Crippen molar-refractivity contribution in [2.75, 3.05) is 4.90 Å². The highest BCUT2D eigenvalue weighted by molar-refractivity contribution is 9.10. The highest BCUT2D eigenvalue weighted by Crippen LogP contribution is 2.42. The number of hydrogen-bond acceptors (Lipinski definition) is 3. The molecule has 4 nitrogen and oxygen atoms in total. The Morgan fingerprint density at radius 1 is 0.931 bits per heavy atom. The summed E-state index contributed by atoms with van der Waals surface area (Å²) >= 11 is 3.38. The summed E-state index contributed by atoms with van der Waals surface area (Å²) in [5.74, 6) is -2.25. The van der Waals surface area contributed by atoms with Crippen LogP contribution in [0.1, 0.15) is 17.2 Å². The Morgan fingerprint density at radius 2 is 1.62 bits per heavy atom. The molecule has 3 aromatic carbocycles. The Morgan fingerprint density at radius 3 is 2.28 bits per heavy atom. The molecular formula is C23H15BrFNO3. The number of aliphatic hydroxyl groups excluding tert-OH is 1. The average molecular weight is 452 g/mol. The number of benzene rings is 3. The first kappa shape index (κ1) is 19.1. The number of rotatable bonds is 3. The molecule has 1 aliphatic rings. The fourth-order valence-electron chi connectivity index (χ4n) is 3.44. The van der Waals surface area contributed by atoms with E-state index < -0.39 is 23.5 Å². The number of anilines is 1. The lowest BCUT2D eigenvalue weighted by Gasteiger charge is -2.25. The van der Waals surface area contributed by atoms with Crippen LogP contribution in [0.3, 0.4) is 0 Å². The van der Waals surface area contributed by atoms with Crippen molar-refractivity contribution in [3.05, 3.63) is 106 Å². The van der Waals surface area contributed by atoms with E-state index in [4.69, 9.17) is 0 Å². The van der Waals surface area contributed by atoms with E-state index in [-0.39, 0.29) is 11.3 Å². The third-order valence-corrected chi connectivity index (χ3v) is 5.26. The molecule has 0 aromatic heterocycles. The molecule has 144 valence electrons. The van der Waals surface area contributed by atoms with Crippen LogP contribution < -0.4 is 4.90 Å². The first-order valence-corrected chi connectivity index (χ1v) is 9.64. The first-order chi connectivity index (χ1) is 14.0. The van der Waals surface area contributed by atoms with Gasteiger partial charge in [-0.1, -0.05) is 64.5 Å². The topological polar surface area (TPSA) is 57.6 Å². The van der Waals surface area contributed by atoms with Crippen molar-refractivity contribution in [1.29, 1.82) is 0 Å². The second kappa shape index (κ2) is 7.64. The summed E-state index contributed by atoms with van der Waals surface area (Å²) in [6, 6.07) is 20.2. The molecule has 1 heterocycles. The third kappa shape index (κ3) is 3.47. The van der Waals surface area contributed by atoms with Crippen LogP contribution in [0.2, 0.25) is 0 Å². The van der Waals surface area contributed by atoms with Crippen LogP contribution in [0.5, 0.6) is 0 Å². The summed E-state index contributed by atoms with van der Waals surface area (Å²) < 4.78 is 14.2. The van der Waals surface area contributed by atoms with Crippen LogP contribution in [0, 0.1) is 5.82 Å². The van der Waals surface area contributed by atoms with E-state index >= 15 is 0 Å². The van der Waals surface area contributed by atoms with Gasteiger partial charge in [0, 0.05) is 15.7 Å². The van der Waals surface area contributed by atoms with E-state index in [0.29, 0.717) is 16.8 Å². The Balaban J connectivity index is 1.96. The minimum Gasteiger partial charge on any atom is -0.507 e. The quantitative estimate of drug-likeness (QED) is 0.337. The smallest absolute Gasteiger partial charge is 0.300 e. The zero-order valence-electron chi connectivity index (χ0n) is 15.0. The highest BCUT2D eigenvalue weighted by atomic mass is 79.9. The summed E-state index contributed by atoms with van der Waals surface area (Å²) in [4.78, 5) is 27.2. The summed E-state index contributed by atoms with van der Waals surface area (Å²) in [5, 5.41) is 10.9. The van der Waals surface area contributed by atoms with Gasteiger partial charge in [0.1, 0.15) is 11.6 Å². The van der Waals surface area contributed by atoms with Crippen molar-refractivity contribution < 1.29 is 19.1 Å². The first-order valence-electron chi connectivity index (χ1n) is 8.85. The lowest BCUT2D eigenvalue weighted by Crippen LogP contribution is -2.29. The fraction of sp³-hybridized carbons (Fsp3) is 0.0435. The normalized spacial score (nSPS) is 18.3. The number of ketones is 1. The number of carbonyl (C=O) groups is 2. The summed E-state index contributed by atoms with van der Waals surface area (Å²) in [6.07, 6.45) is 0. The van der Waals surface area contributed by atoms with Gasteiger partial charge in [-0.2, -0.15) is 0 Å². The third-order valence-electron chi connectivity index (χ3n) is 4.76. The summed E-state index contributed by atoms with van der Waals surface area (Å²) in [7, 11) is 0. The second-order valence-electron chi connectivity index (χ2n) is 6.57. The maximum absolute atomic E-state index is 13.5. The van der Waals surface area contributed by atoms with E-state index in [1.807, 2.05) is 0 Å². The van der Waals surface area contributed by atoms with Crippen molar-refractivity contribution in [2.45, 2.75) is 6.04 Å².